The molecule has 0 aliphatic carbocycles. The minimum absolute atomic E-state index is 0.132. The van der Waals surface area contributed by atoms with Crippen LogP contribution in [0.3, 0.4) is 0 Å². The number of anilines is 3. The van der Waals surface area contributed by atoms with Gasteiger partial charge in [0.15, 0.2) is 0 Å². The molecule has 0 bridgehead atoms. The maximum absolute atomic E-state index is 12.9. The third kappa shape index (κ3) is 4.29. The highest BCUT2D eigenvalue weighted by atomic mass is 35.5. The molecule has 3 N–H and O–H groups in total. The van der Waals surface area contributed by atoms with Crippen LogP contribution in [0.15, 0.2) is 23.0 Å². The second-order valence-electron chi connectivity index (χ2n) is 7.77. The minimum atomic E-state index is -0.974. The predicted molar refractivity (Wildman–Crippen MR) is 117 cm³/mol. The van der Waals surface area contributed by atoms with Gasteiger partial charge in [0.05, 0.1) is 11.5 Å². The van der Waals surface area contributed by atoms with E-state index in [4.69, 9.17) is 23.2 Å². The van der Waals surface area contributed by atoms with Crippen molar-refractivity contribution in [1.82, 2.24) is 9.97 Å². The van der Waals surface area contributed by atoms with Crippen molar-refractivity contribution in [3.05, 3.63) is 44.2 Å². The van der Waals surface area contributed by atoms with E-state index in [0.29, 0.717) is 27.6 Å². The molecule has 2 aliphatic rings. The zero-order chi connectivity index (χ0) is 21.4. The molecule has 158 valence electrons. The van der Waals surface area contributed by atoms with Crippen LogP contribution in [0.1, 0.15) is 37.7 Å². The van der Waals surface area contributed by atoms with E-state index in [1.54, 1.807) is 6.07 Å². The normalized spacial score (nSPS) is 19.2. The molecule has 0 saturated carbocycles. The van der Waals surface area contributed by atoms with E-state index in [-0.39, 0.29) is 23.7 Å². The predicted octanol–water partition coefficient (Wildman–Crippen LogP) is 3.38. The Hall–Kier alpha value is -2.58. The minimum Gasteiger partial charge on any atom is -0.342 e. The molecule has 2 aliphatic heterocycles. The maximum Gasteiger partial charge on any atom is 0.258 e. The molecule has 0 unspecified atom stereocenters. The lowest BCUT2D eigenvalue weighted by Crippen LogP contribution is -2.39. The van der Waals surface area contributed by atoms with Crippen molar-refractivity contribution in [2.45, 2.75) is 32.1 Å². The maximum atomic E-state index is 12.9. The molecular weight excluding hydrogens is 429 g/mol. The Labute approximate surface area is 183 Å². The van der Waals surface area contributed by atoms with Crippen LogP contribution in [0.5, 0.6) is 0 Å². The Morgan fingerprint density at radius 2 is 1.83 bits per heavy atom. The van der Waals surface area contributed by atoms with Crippen molar-refractivity contribution in [3.8, 4) is 0 Å². The van der Waals surface area contributed by atoms with Crippen LogP contribution >= 0.6 is 23.2 Å². The SMILES string of the molecule is CC1CCN(c2nc3c(c(=O)[nH]2)[C@@H](C(=O)Nc2cc(Cl)cc(Cl)c2)CC(=O)N3)CC1. The van der Waals surface area contributed by atoms with Gasteiger partial charge in [0.25, 0.3) is 5.56 Å². The van der Waals surface area contributed by atoms with Gasteiger partial charge in [-0.25, -0.2) is 0 Å². The number of carbonyl (C=O) groups excluding carboxylic acids is 2. The first-order valence-electron chi connectivity index (χ1n) is 9.76. The van der Waals surface area contributed by atoms with Crippen LogP contribution < -0.4 is 21.1 Å². The zero-order valence-electron chi connectivity index (χ0n) is 16.3. The van der Waals surface area contributed by atoms with Gasteiger partial charge in [0, 0.05) is 35.2 Å². The van der Waals surface area contributed by atoms with E-state index in [1.165, 1.54) is 12.1 Å². The zero-order valence-corrected chi connectivity index (χ0v) is 17.8. The highest BCUT2D eigenvalue weighted by molar-refractivity contribution is 6.35. The Kier molecular flexibility index (Phi) is 5.71. The Morgan fingerprint density at radius 1 is 1.17 bits per heavy atom. The van der Waals surface area contributed by atoms with Crippen molar-refractivity contribution in [2.75, 3.05) is 28.6 Å². The Bertz CT molecular complexity index is 1040. The highest BCUT2D eigenvalue weighted by Gasteiger charge is 2.35. The van der Waals surface area contributed by atoms with Crippen molar-refractivity contribution in [3.63, 3.8) is 0 Å². The lowest BCUT2D eigenvalue weighted by atomic mass is 9.92. The first-order valence-corrected chi connectivity index (χ1v) is 10.5. The van der Waals surface area contributed by atoms with Crippen molar-refractivity contribution < 1.29 is 9.59 Å². The number of amides is 2. The number of carbonyl (C=O) groups is 2. The van der Waals surface area contributed by atoms with Crippen LogP contribution in [0, 0.1) is 5.92 Å². The lowest BCUT2D eigenvalue weighted by Gasteiger charge is -2.31. The van der Waals surface area contributed by atoms with Gasteiger partial charge in [-0.15, -0.1) is 0 Å². The van der Waals surface area contributed by atoms with Crippen LogP contribution in [-0.2, 0) is 9.59 Å². The molecule has 1 fully saturated rings. The summed E-state index contributed by atoms with van der Waals surface area (Å²) in [5.41, 5.74) is 0.0979. The molecule has 4 rings (SSSR count). The van der Waals surface area contributed by atoms with E-state index in [9.17, 15) is 14.4 Å². The molecule has 30 heavy (non-hydrogen) atoms. The first-order chi connectivity index (χ1) is 14.3. The van der Waals surface area contributed by atoms with Gasteiger partial charge in [-0.05, 0) is 37.0 Å². The number of halogens is 2. The first kappa shape index (κ1) is 20.7. The second kappa shape index (κ2) is 8.28. The van der Waals surface area contributed by atoms with E-state index in [1.807, 2.05) is 4.90 Å². The van der Waals surface area contributed by atoms with E-state index < -0.39 is 17.4 Å². The summed E-state index contributed by atoms with van der Waals surface area (Å²) in [6.45, 7) is 3.74. The summed E-state index contributed by atoms with van der Waals surface area (Å²) < 4.78 is 0. The third-order valence-electron chi connectivity index (χ3n) is 5.47. The average molecular weight is 450 g/mol. The fraction of sp³-hybridized carbons (Fsp3) is 0.400. The number of rotatable bonds is 3. The molecule has 1 saturated heterocycles. The van der Waals surface area contributed by atoms with Crippen molar-refractivity contribution >= 4 is 52.5 Å². The summed E-state index contributed by atoms with van der Waals surface area (Å²) in [6, 6.07) is 4.62. The van der Waals surface area contributed by atoms with Gasteiger partial charge in [-0.3, -0.25) is 19.4 Å². The van der Waals surface area contributed by atoms with Gasteiger partial charge in [-0.2, -0.15) is 4.98 Å². The number of hydrogen-bond donors (Lipinski definition) is 3. The summed E-state index contributed by atoms with van der Waals surface area (Å²) in [6.07, 6.45) is 1.85. The molecular formula is C20H21Cl2N5O3. The van der Waals surface area contributed by atoms with Gasteiger partial charge in [-0.1, -0.05) is 30.1 Å². The van der Waals surface area contributed by atoms with Crippen LogP contribution in [0.4, 0.5) is 17.5 Å². The number of benzene rings is 1. The van der Waals surface area contributed by atoms with Gasteiger partial charge < -0.3 is 15.5 Å². The fourth-order valence-electron chi connectivity index (χ4n) is 3.81. The fourth-order valence-corrected chi connectivity index (χ4v) is 4.33. The van der Waals surface area contributed by atoms with E-state index >= 15 is 0 Å². The van der Waals surface area contributed by atoms with E-state index in [2.05, 4.69) is 27.5 Å². The summed E-state index contributed by atoms with van der Waals surface area (Å²) in [7, 11) is 0. The molecule has 10 heteroatoms. The van der Waals surface area contributed by atoms with Crippen molar-refractivity contribution in [1.29, 1.82) is 0 Å². The van der Waals surface area contributed by atoms with Gasteiger partial charge in [0.2, 0.25) is 17.8 Å². The molecule has 1 aromatic heterocycles. The summed E-state index contributed by atoms with van der Waals surface area (Å²) in [5.74, 6) is -0.683. The summed E-state index contributed by atoms with van der Waals surface area (Å²) in [5, 5.41) is 6.04. The summed E-state index contributed by atoms with van der Waals surface area (Å²) in [4.78, 5) is 47.3. The Morgan fingerprint density at radius 3 is 2.50 bits per heavy atom. The second-order valence-corrected chi connectivity index (χ2v) is 8.65. The van der Waals surface area contributed by atoms with Crippen molar-refractivity contribution in [2.24, 2.45) is 5.92 Å². The van der Waals surface area contributed by atoms with E-state index in [0.717, 1.165) is 25.9 Å². The molecule has 1 atom stereocenters. The van der Waals surface area contributed by atoms with Crippen LogP contribution in [0.2, 0.25) is 10.0 Å². The number of H-pyrrole nitrogens is 1. The number of hydrogen-bond acceptors (Lipinski definition) is 5. The molecule has 0 radical (unpaired) electrons. The van der Waals surface area contributed by atoms with Gasteiger partial charge >= 0.3 is 0 Å². The number of aromatic nitrogens is 2. The monoisotopic (exact) mass is 449 g/mol. The quantitative estimate of drug-likeness (QED) is 0.665. The smallest absolute Gasteiger partial charge is 0.258 e. The number of piperidine rings is 1. The number of fused-ring (bicyclic) bond motifs is 1. The summed E-state index contributed by atoms with van der Waals surface area (Å²) >= 11 is 12.0. The molecule has 3 heterocycles. The number of nitrogens with zero attached hydrogens (tertiary/aromatic N) is 2. The highest BCUT2D eigenvalue weighted by Crippen LogP contribution is 2.31. The third-order valence-corrected chi connectivity index (χ3v) is 5.90. The lowest BCUT2D eigenvalue weighted by molar-refractivity contribution is -0.123. The molecule has 1 aromatic carbocycles. The molecule has 2 aromatic rings. The average Bonchev–Trinajstić information content (AvgIpc) is 2.66. The van der Waals surface area contributed by atoms with Crippen LogP contribution in [0.25, 0.3) is 0 Å². The molecule has 2 amide bonds. The standard InChI is InChI=1S/C20H21Cl2N5O3/c1-10-2-4-27(5-3-10)20-25-17-16(19(30)26-20)14(9-15(28)24-17)18(29)23-13-7-11(21)6-12(22)8-13/h6-8,10,14H,2-5,9H2,1H3,(H,23,29)(H2,24,25,26,28,30)/t14-/m0/s1. The Balaban J connectivity index is 1.63. The molecule has 8 nitrogen and oxygen atoms in total. The largest absolute Gasteiger partial charge is 0.342 e. The number of nitrogens with one attached hydrogen (secondary N) is 3. The van der Waals surface area contributed by atoms with Gasteiger partial charge in [0.1, 0.15) is 5.82 Å². The van der Waals surface area contributed by atoms with Crippen LogP contribution in [-0.4, -0.2) is 34.9 Å². The topological polar surface area (TPSA) is 107 Å². The number of aromatic amines is 1. The molecule has 0 spiro atoms.